The molecule has 1 aromatic heterocycles. The zero-order chi connectivity index (χ0) is 18.9. The van der Waals surface area contributed by atoms with Crippen molar-refractivity contribution >= 4 is 38.7 Å². The van der Waals surface area contributed by atoms with E-state index in [1.807, 2.05) is 0 Å². The Bertz CT molecular complexity index is 928. The van der Waals surface area contributed by atoms with E-state index in [0.717, 1.165) is 56.7 Å². The number of hydrogen-bond donors (Lipinski definition) is 1. The molecule has 1 saturated heterocycles. The summed E-state index contributed by atoms with van der Waals surface area (Å²) in [5.41, 5.74) is 1.02. The van der Waals surface area contributed by atoms with Gasteiger partial charge in [-0.3, -0.25) is 4.79 Å². The van der Waals surface area contributed by atoms with Gasteiger partial charge in [0, 0.05) is 19.1 Å². The molecule has 2 aromatic rings. The molecule has 2 heterocycles. The summed E-state index contributed by atoms with van der Waals surface area (Å²) in [6.07, 6.45) is 6.04. The van der Waals surface area contributed by atoms with Gasteiger partial charge < -0.3 is 5.32 Å². The highest BCUT2D eigenvalue weighted by atomic mass is 32.2. The standard InChI is InChI=1S/C18H24N4O3S2/c23-18-13-7-5-9-15(13)22(12-4-2-1-3-11-19-18)27(24,25)16-10-6-8-14-17(16)21-26-20-14/h6,8,10,13,15H,1-5,7,9,11-12H2,(H,19,23). The van der Waals surface area contributed by atoms with Crippen LogP contribution in [0.25, 0.3) is 11.0 Å². The number of nitrogens with one attached hydrogen (secondary N) is 1. The molecule has 2 atom stereocenters. The van der Waals surface area contributed by atoms with E-state index in [1.165, 1.54) is 0 Å². The number of rotatable bonds is 2. The Balaban J connectivity index is 1.75. The van der Waals surface area contributed by atoms with Gasteiger partial charge >= 0.3 is 0 Å². The fourth-order valence-corrected chi connectivity index (χ4v) is 6.74. The smallest absolute Gasteiger partial charge is 0.245 e. The van der Waals surface area contributed by atoms with Crippen LogP contribution in [-0.4, -0.2) is 46.5 Å². The van der Waals surface area contributed by atoms with Gasteiger partial charge in [-0.25, -0.2) is 8.42 Å². The molecule has 2 unspecified atom stereocenters. The quantitative estimate of drug-likeness (QED) is 0.824. The van der Waals surface area contributed by atoms with Gasteiger partial charge in [-0.05, 0) is 37.8 Å². The zero-order valence-corrected chi connectivity index (χ0v) is 16.8. The van der Waals surface area contributed by atoms with Gasteiger partial charge in [-0.2, -0.15) is 13.1 Å². The summed E-state index contributed by atoms with van der Waals surface area (Å²) < 4.78 is 37.2. The van der Waals surface area contributed by atoms with Gasteiger partial charge in [0.05, 0.1) is 17.6 Å². The Morgan fingerprint density at radius 2 is 1.93 bits per heavy atom. The van der Waals surface area contributed by atoms with Crippen LogP contribution in [0.5, 0.6) is 0 Å². The van der Waals surface area contributed by atoms with Gasteiger partial charge in [0.2, 0.25) is 15.9 Å². The molecule has 7 nitrogen and oxygen atoms in total. The number of nitrogens with zero attached hydrogens (tertiary/aromatic N) is 3. The molecule has 1 saturated carbocycles. The van der Waals surface area contributed by atoms with Gasteiger partial charge in [0.15, 0.2) is 0 Å². The summed E-state index contributed by atoms with van der Waals surface area (Å²) in [7, 11) is -3.76. The number of carbonyl (C=O) groups is 1. The third-order valence-electron chi connectivity index (χ3n) is 5.63. The van der Waals surface area contributed by atoms with Crippen LogP contribution in [0.2, 0.25) is 0 Å². The molecule has 1 N–H and O–H groups in total. The molecule has 146 valence electrons. The highest BCUT2D eigenvalue weighted by Crippen LogP contribution is 2.35. The highest BCUT2D eigenvalue weighted by Gasteiger charge is 2.42. The average molecular weight is 409 g/mol. The lowest BCUT2D eigenvalue weighted by atomic mass is 10.0. The molecule has 27 heavy (non-hydrogen) atoms. The van der Waals surface area contributed by atoms with Crippen molar-refractivity contribution in [3.05, 3.63) is 18.2 Å². The lowest BCUT2D eigenvalue weighted by molar-refractivity contribution is -0.125. The largest absolute Gasteiger partial charge is 0.356 e. The Kier molecular flexibility index (Phi) is 5.43. The molecule has 0 spiro atoms. The summed E-state index contributed by atoms with van der Waals surface area (Å²) in [5, 5.41) is 3.01. The maximum Gasteiger partial charge on any atom is 0.245 e. The second-order valence-electron chi connectivity index (χ2n) is 7.31. The van der Waals surface area contributed by atoms with Crippen molar-refractivity contribution in [3.8, 4) is 0 Å². The maximum absolute atomic E-state index is 13.6. The van der Waals surface area contributed by atoms with E-state index in [9.17, 15) is 13.2 Å². The van der Waals surface area contributed by atoms with Crippen molar-refractivity contribution < 1.29 is 13.2 Å². The van der Waals surface area contributed by atoms with E-state index in [2.05, 4.69) is 14.1 Å². The number of aromatic nitrogens is 2. The van der Waals surface area contributed by atoms with Gasteiger partial charge in [0.25, 0.3) is 0 Å². The predicted molar refractivity (Wildman–Crippen MR) is 104 cm³/mol. The SMILES string of the molecule is O=C1NCCCCCCN(S(=O)(=O)c2cccc3nsnc23)C2CCCC12. The van der Waals surface area contributed by atoms with Crippen LogP contribution in [0.1, 0.15) is 44.9 Å². The van der Waals surface area contributed by atoms with Crippen LogP contribution in [0.3, 0.4) is 0 Å². The third kappa shape index (κ3) is 3.60. The Labute approximate surface area is 163 Å². The van der Waals surface area contributed by atoms with Crippen LogP contribution in [0.4, 0.5) is 0 Å². The molecule has 9 heteroatoms. The summed E-state index contributed by atoms with van der Waals surface area (Å²) in [5.74, 6) is -0.279. The summed E-state index contributed by atoms with van der Waals surface area (Å²) in [6.45, 7) is 1.13. The lowest BCUT2D eigenvalue weighted by Gasteiger charge is -2.31. The second-order valence-corrected chi connectivity index (χ2v) is 9.70. The molecule has 1 aliphatic heterocycles. The van der Waals surface area contributed by atoms with Gasteiger partial charge in [-0.1, -0.05) is 25.3 Å². The predicted octanol–water partition coefficient (Wildman–Crippen LogP) is 2.54. The molecule has 2 aliphatic rings. The van der Waals surface area contributed by atoms with E-state index in [4.69, 9.17) is 0 Å². The van der Waals surface area contributed by atoms with Gasteiger partial charge in [0.1, 0.15) is 15.9 Å². The van der Waals surface area contributed by atoms with Crippen LogP contribution >= 0.6 is 11.7 Å². The molecular weight excluding hydrogens is 384 g/mol. The fourth-order valence-electron chi connectivity index (χ4n) is 4.26. The molecule has 1 aliphatic carbocycles. The first-order chi connectivity index (χ1) is 13.1. The molecule has 2 fully saturated rings. The number of benzene rings is 1. The monoisotopic (exact) mass is 408 g/mol. The Morgan fingerprint density at radius 3 is 2.81 bits per heavy atom. The van der Waals surface area contributed by atoms with E-state index >= 15 is 0 Å². The molecule has 4 rings (SSSR count). The molecule has 1 amide bonds. The first kappa shape index (κ1) is 18.8. The Morgan fingerprint density at radius 1 is 1.07 bits per heavy atom. The second kappa shape index (κ2) is 7.81. The first-order valence-corrected chi connectivity index (χ1v) is 11.8. The normalized spacial score (nSPS) is 25.7. The number of sulfonamides is 1. The fraction of sp³-hybridized carbons (Fsp3) is 0.611. The van der Waals surface area contributed by atoms with Crippen molar-refractivity contribution in [2.24, 2.45) is 5.92 Å². The van der Waals surface area contributed by atoms with E-state index in [0.29, 0.717) is 24.1 Å². The van der Waals surface area contributed by atoms with Crippen molar-refractivity contribution in [2.45, 2.75) is 55.9 Å². The Hall–Kier alpha value is -1.58. The number of hydrogen-bond acceptors (Lipinski definition) is 6. The van der Waals surface area contributed by atoms with E-state index < -0.39 is 10.0 Å². The topological polar surface area (TPSA) is 92.3 Å². The van der Waals surface area contributed by atoms with Crippen LogP contribution in [0, 0.1) is 5.92 Å². The van der Waals surface area contributed by atoms with Crippen LogP contribution in [0.15, 0.2) is 23.1 Å². The van der Waals surface area contributed by atoms with Crippen LogP contribution < -0.4 is 5.32 Å². The van der Waals surface area contributed by atoms with Gasteiger partial charge in [-0.15, -0.1) is 0 Å². The van der Waals surface area contributed by atoms with Crippen molar-refractivity contribution in [3.63, 3.8) is 0 Å². The van der Waals surface area contributed by atoms with E-state index in [-0.39, 0.29) is 22.8 Å². The van der Waals surface area contributed by atoms with E-state index in [1.54, 1.807) is 22.5 Å². The minimum absolute atomic E-state index is 0.00636. The first-order valence-electron chi connectivity index (χ1n) is 9.60. The molecule has 0 radical (unpaired) electrons. The zero-order valence-electron chi connectivity index (χ0n) is 15.1. The third-order valence-corrected chi connectivity index (χ3v) is 8.12. The average Bonchev–Trinajstić information content (AvgIpc) is 3.31. The number of fused-ring (bicyclic) bond motifs is 2. The maximum atomic E-state index is 13.6. The molecular formula is C18H24N4O3S2. The summed E-state index contributed by atoms with van der Waals surface area (Å²) >= 11 is 1.02. The summed E-state index contributed by atoms with van der Waals surface area (Å²) in [6, 6.07) is 4.81. The minimum Gasteiger partial charge on any atom is -0.356 e. The van der Waals surface area contributed by atoms with Crippen molar-refractivity contribution in [1.29, 1.82) is 0 Å². The number of amides is 1. The van der Waals surface area contributed by atoms with Crippen molar-refractivity contribution in [1.82, 2.24) is 18.4 Å². The minimum atomic E-state index is -3.76. The highest BCUT2D eigenvalue weighted by molar-refractivity contribution is 7.89. The summed E-state index contributed by atoms with van der Waals surface area (Å²) in [4.78, 5) is 12.9. The van der Waals surface area contributed by atoms with Crippen molar-refractivity contribution in [2.75, 3.05) is 13.1 Å². The number of carbonyl (C=O) groups excluding carboxylic acids is 1. The lowest BCUT2D eigenvalue weighted by Crippen LogP contribution is -2.47. The molecule has 1 aromatic carbocycles. The van der Waals surface area contributed by atoms with Crippen LogP contribution in [-0.2, 0) is 14.8 Å². The molecule has 0 bridgehead atoms.